The molecule has 0 saturated carbocycles. The van der Waals surface area contributed by atoms with Crippen LogP contribution in [0.5, 0.6) is 0 Å². The number of amides is 1. The topological polar surface area (TPSA) is 57.6 Å². The zero-order valence-electron chi connectivity index (χ0n) is 12.3. The van der Waals surface area contributed by atoms with Crippen molar-refractivity contribution in [3.63, 3.8) is 0 Å². The van der Waals surface area contributed by atoms with Gasteiger partial charge in [0.1, 0.15) is 0 Å². The molecule has 4 nitrogen and oxygen atoms in total. The zero-order valence-corrected chi connectivity index (χ0v) is 16.2. The third-order valence-corrected chi connectivity index (χ3v) is 5.97. The molecule has 1 aliphatic heterocycles. The first kappa shape index (κ1) is 17.4. The van der Waals surface area contributed by atoms with Crippen LogP contribution in [0, 0.1) is 12.3 Å². The molecule has 3 rings (SSSR count). The third kappa shape index (κ3) is 2.84. The molecular weight excluding hydrogens is 458 g/mol. The molecule has 122 valence electrons. The van der Waals surface area contributed by atoms with Gasteiger partial charge in [0.15, 0.2) is 11.4 Å². The van der Waals surface area contributed by atoms with Crippen LogP contribution in [-0.2, 0) is 10.4 Å². The number of benzene rings is 1. The predicted molar refractivity (Wildman–Crippen MR) is 100 cm³/mol. The van der Waals surface area contributed by atoms with Crippen molar-refractivity contribution < 1.29 is 14.7 Å². The Morgan fingerprint density at radius 2 is 2.08 bits per heavy atom. The van der Waals surface area contributed by atoms with E-state index in [9.17, 15) is 14.7 Å². The summed E-state index contributed by atoms with van der Waals surface area (Å²) in [4.78, 5) is 27.1. The fourth-order valence-electron chi connectivity index (χ4n) is 2.73. The normalized spacial score (nSPS) is 19.2. The Hall–Kier alpha value is -1.46. The Labute approximate surface area is 159 Å². The molecule has 1 atom stereocenters. The van der Waals surface area contributed by atoms with E-state index in [-0.39, 0.29) is 18.7 Å². The number of thiophene rings is 1. The molecule has 1 aromatic heterocycles. The average Bonchev–Trinajstić information content (AvgIpc) is 3.05. The summed E-state index contributed by atoms with van der Waals surface area (Å²) in [5.41, 5.74) is -0.992. The molecule has 0 unspecified atom stereocenters. The molecule has 0 bridgehead atoms. The number of rotatable bonds is 4. The van der Waals surface area contributed by atoms with Gasteiger partial charge in [0.2, 0.25) is 0 Å². The predicted octanol–water partition coefficient (Wildman–Crippen LogP) is 3.71. The van der Waals surface area contributed by atoms with Crippen LogP contribution in [0.3, 0.4) is 0 Å². The highest BCUT2D eigenvalue weighted by molar-refractivity contribution is 9.11. The van der Waals surface area contributed by atoms with Crippen LogP contribution in [0.15, 0.2) is 38.6 Å². The Kier molecular flexibility index (Phi) is 4.67. The van der Waals surface area contributed by atoms with E-state index in [1.54, 1.807) is 30.3 Å². The summed E-state index contributed by atoms with van der Waals surface area (Å²) in [7, 11) is 0. The minimum Gasteiger partial charge on any atom is -0.375 e. The second-order valence-electron chi connectivity index (χ2n) is 5.32. The number of aliphatic hydroxyl groups is 1. The number of halogens is 2. The van der Waals surface area contributed by atoms with E-state index in [1.165, 1.54) is 16.2 Å². The number of nitrogens with zero attached hydrogens (tertiary/aromatic N) is 1. The lowest BCUT2D eigenvalue weighted by molar-refractivity contribution is -0.135. The third-order valence-electron chi connectivity index (χ3n) is 3.81. The number of hydrogen-bond donors (Lipinski definition) is 1. The summed E-state index contributed by atoms with van der Waals surface area (Å²) in [6.07, 6.45) is 5.01. The smallest absolute Gasteiger partial charge is 0.265 e. The highest BCUT2D eigenvalue weighted by atomic mass is 79.9. The van der Waals surface area contributed by atoms with E-state index >= 15 is 0 Å². The van der Waals surface area contributed by atoms with E-state index in [2.05, 4.69) is 37.8 Å². The number of ketones is 1. The summed E-state index contributed by atoms with van der Waals surface area (Å²) in [5, 5.41) is 11.1. The highest BCUT2D eigenvalue weighted by Gasteiger charge is 2.51. The van der Waals surface area contributed by atoms with E-state index in [0.717, 1.165) is 3.79 Å². The van der Waals surface area contributed by atoms with Gasteiger partial charge in [-0.05, 0) is 46.3 Å². The van der Waals surface area contributed by atoms with E-state index in [4.69, 9.17) is 6.42 Å². The van der Waals surface area contributed by atoms with Crippen LogP contribution in [-0.4, -0.2) is 23.3 Å². The lowest BCUT2D eigenvalue weighted by atomic mass is 9.89. The molecule has 1 aromatic carbocycles. The van der Waals surface area contributed by atoms with Crippen molar-refractivity contribution in [3.05, 3.63) is 49.0 Å². The Balaban J connectivity index is 2.02. The molecule has 0 aliphatic carbocycles. The number of terminal acetylenes is 1. The first-order valence-electron chi connectivity index (χ1n) is 6.93. The molecular formula is C17H11Br2NO3S. The van der Waals surface area contributed by atoms with E-state index < -0.39 is 11.5 Å². The molecule has 1 aliphatic rings. The average molecular weight is 469 g/mol. The molecule has 24 heavy (non-hydrogen) atoms. The SMILES string of the molecule is C#CCN1C(=O)[C@@](O)(CC(=O)c2ccc(Br)s2)c2cc(Br)ccc21. The van der Waals surface area contributed by atoms with Gasteiger partial charge in [-0.1, -0.05) is 21.9 Å². The van der Waals surface area contributed by atoms with E-state index in [1.807, 2.05) is 0 Å². The molecule has 1 N–H and O–H groups in total. The van der Waals surface area contributed by atoms with Crippen LogP contribution in [0.1, 0.15) is 21.7 Å². The first-order chi connectivity index (χ1) is 11.4. The van der Waals surface area contributed by atoms with Crippen LogP contribution < -0.4 is 4.90 Å². The minimum atomic E-state index is -1.91. The number of anilines is 1. The number of hydrogen-bond acceptors (Lipinski definition) is 4. The van der Waals surface area contributed by atoms with Crippen molar-refractivity contribution in [2.45, 2.75) is 12.0 Å². The largest absolute Gasteiger partial charge is 0.375 e. The van der Waals surface area contributed by atoms with Crippen molar-refractivity contribution in [1.29, 1.82) is 0 Å². The summed E-state index contributed by atoms with van der Waals surface area (Å²) < 4.78 is 1.52. The zero-order chi connectivity index (χ0) is 17.5. The first-order valence-corrected chi connectivity index (χ1v) is 9.33. The number of fused-ring (bicyclic) bond motifs is 1. The second-order valence-corrected chi connectivity index (χ2v) is 8.70. The highest BCUT2D eigenvalue weighted by Crippen LogP contribution is 2.44. The molecule has 2 aromatic rings. The van der Waals surface area contributed by atoms with Gasteiger partial charge in [-0.2, -0.15) is 0 Å². The van der Waals surface area contributed by atoms with Gasteiger partial charge in [-0.3, -0.25) is 14.5 Å². The standard InChI is InChI=1S/C17H11Br2NO3S/c1-2-7-20-12-4-3-10(18)8-11(12)17(23,16(20)22)9-13(21)14-5-6-15(19)24-14/h1,3-6,8,23H,7,9H2/t17-/m1/s1. The fourth-order valence-corrected chi connectivity index (χ4v) is 4.41. The monoisotopic (exact) mass is 467 g/mol. The molecule has 7 heteroatoms. The molecule has 2 heterocycles. The van der Waals surface area contributed by atoms with Crippen molar-refractivity contribution in [1.82, 2.24) is 0 Å². The fraction of sp³-hybridized carbons (Fsp3) is 0.176. The van der Waals surface area contributed by atoms with Crippen molar-refractivity contribution in [3.8, 4) is 12.3 Å². The number of carbonyl (C=O) groups excluding carboxylic acids is 2. The lowest BCUT2D eigenvalue weighted by Gasteiger charge is -2.21. The Morgan fingerprint density at radius 3 is 2.71 bits per heavy atom. The van der Waals surface area contributed by atoms with Gasteiger partial charge in [-0.15, -0.1) is 17.8 Å². The van der Waals surface area contributed by atoms with Crippen molar-refractivity contribution >= 4 is 60.6 Å². The number of Topliss-reactive ketones (excluding diaryl/α,β-unsaturated/α-hetero) is 1. The Bertz CT molecular complexity index is 886. The second kappa shape index (κ2) is 6.45. The van der Waals surface area contributed by atoms with Crippen LogP contribution in [0.4, 0.5) is 5.69 Å². The van der Waals surface area contributed by atoms with Crippen LogP contribution in [0.2, 0.25) is 0 Å². The maximum absolute atomic E-state index is 12.8. The Morgan fingerprint density at radius 1 is 1.33 bits per heavy atom. The van der Waals surface area contributed by atoms with Gasteiger partial charge in [0, 0.05) is 10.0 Å². The summed E-state index contributed by atoms with van der Waals surface area (Å²) in [5.74, 6) is 1.55. The van der Waals surface area contributed by atoms with Gasteiger partial charge in [0.25, 0.3) is 5.91 Å². The van der Waals surface area contributed by atoms with Gasteiger partial charge in [-0.25, -0.2) is 0 Å². The maximum Gasteiger partial charge on any atom is 0.265 e. The van der Waals surface area contributed by atoms with Crippen molar-refractivity contribution in [2.24, 2.45) is 0 Å². The number of carbonyl (C=O) groups is 2. The quantitative estimate of drug-likeness (QED) is 0.549. The summed E-state index contributed by atoms with van der Waals surface area (Å²) in [6.45, 7) is 0.0362. The summed E-state index contributed by atoms with van der Waals surface area (Å²) in [6, 6.07) is 8.55. The minimum absolute atomic E-state index is 0.0362. The summed E-state index contributed by atoms with van der Waals surface area (Å²) >= 11 is 7.91. The maximum atomic E-state index is 12.8. The van der Waals surface area contributed by atoms with Gasteiger partial charge < -0.3 is 5.11 Å². The molecule has 1 amide bonds. The lowest BCUT2D eigenvalue weighted by Crippen LogP contribution is -2.42. The van der Waals surface area contributed by atoms with Crippen molar-refractivity contribution in [2.75, 3.05) is 11.4 Å². The van der Waals surface area contributed by atoms with Gasteiger partial charge >= 0.3 is 0 Å². The van der Waals surface area contributed by atoms with Gasteiger partial charge in [0.05, 0.1) is 27.3 Å². The molecule has 0 spiro atoms. The van der Waals surface area contributed by atoms with Crippen LogP contribution in [0.25, 0.3) is 0 Å². The molecule has 0 radical (unpaired) electrons. The van der Waals surface area contributed by atoms with Crippen LogP contribution >= 0.6 is 43.2 Å². The molecule has 0 saturated heterocycles. The van der Waals surface area contributed by atoms with E-state index in [0.29, 0.717) is 20.6 Å². The molecule has 0 fully saturated rings.